The second-order valence-electron chi connectivity index (χ2n) is 2.60. The molecule has 0 radical (unpaired) electrons. The molecule has 0 rings (SSSR count). The summed E-state index contributed by atoms with van der Waals surface area (Å²) in [6.07, 6.45) is 1.24. The molecule has 2 N–H and O–H groups in total. The van der Waals surface area contributed by atoms with Crippen molar-refractivity contribution in [3.05, 3.63) is 0 Å². The summed E-state index contributed by atoms with van der Waals surface area (Å²) in [5, 5.41) is 0. The van der Waals surface area contributed by atoms with Crippen molar-refractivity contribution in [1.29, 1.82) is 0 Å². The van der Waals surface area contributed by atoms with Gasteiger partial charge in [-0.25, -0.2) is 0 Å². The fraction of sp³-hybridized carbons (Fsp3) is 0.750. The normalized spacial score (nSPS) is 11.9. The molecule has 0 aromatic heterocycles. The molecule has 1 unspecified atom stereocenters. The molecule has 0 aliphatic carbocycles. The molecule has 0 amide bonds. The molecule has 76 valence electrons. The van der Waals surface area contributed by atoms with Crippen LogP contribution in [0.2, 0.25) is 0 Å². The second kappa shape index (κ2) is 6.42. The summed E-state index contributed by atoms with van der Waals surface area (Å²) < 4.78 is 8.84. The highest BCUT2D eigenvalue weighted by Gasteiger charge is 2.13. The molecule has 0 aromatic rings. The van der Waals surface area contributed by atoms with Gasteiger partial charge in [-0.3, -0.25) is 9.59 Å². The first kappa shape index (κ1) is 11.9. The van der Waals surface area contributed by atoms with Gasteiger partial charge in [-0.15, -0.1) is 0 Å². The molecule has 0 aromatic carbocycles. The standard InChI is InChI=1S/C8H15NO4/c1-12-7(10)5-3-4-6(9)8(11)13-2/h6H,3-5,9H2,1-2H3. The van der Waals surface area contributed by atoms with Crippen molar-refractivity contribution in [3.8, 4) is 0 Å². The Morgan fingerprint density at radius 2 is 1.92 bits per heavy atom. The predicted molar refractivity (Wildman–Crippen MR) is 45.9 cm³/mol. The number of ether oxygens (including phenoxy) is 2. The molecular weight excluding hydrogens is 174 g/mol. The van der Waals surface area contributed by atoms with Gasteiger partial charge in [0.2, 0.25) is 0 Å². The first-order chi connectivity index (χ1) is 6.11. The van der Waals surface area contributed by atoms with E-state index in [0.717, 1.165) is 0 Å². The van der Waals surface area contributed by atoms with Crippen LogP contribution in [0.4, 0.5) is 0 Å². The van der Waals surface area contributed by atoms with E-state index in [0.29, 0.717) is 12.8 Å². The van der Waals surface area contributed by atoms with Crippen molar-refractivity contribution in [3.63, 3.8) is 0 Å². The highest BCUT2D eigenvalue weighted by Crippen LogP contribution is 2.01. The van der Waals surface area contributed by atoms with Gasteiger partial charge in [0.1, 0.15) is 6.04 Å². The minimum absolute atomic E-state index is 0.279. The van der Waals surface area contributed by atoms with Gasteiger partial charge < -0.3 is 15.2 Å². The average molecular weight is 189 g/mol. The number of rotatable bonds is 5. The van der Waals surface area contributed by atoms with Gasteiger partial charge in [0, 0.05) is 6.42 Å². The summed E-state index contributed by atoms with van der Waals surface area (Å²) in [4.78, 5) is 21.4. The van der Waals surface area contributed by atoms with Crippen molar-refractivity contribution in [2.75, 3.05) is 14.2 Å². The number of esters is 2. The number of carbonyl (C=O) groups is 2. The Morgan fingerprint density at radius 1 is 1.31 bits per heavy atom. The lowest BCUT2D eigenvalue weighted by molar-refractivity contribution is -0.143. The molecule has 0 heterocycles. The highest BCUT2D eigenvalue weighted by atomic mass is 16.5. The molecule has 5 heteroatoms. The molecule has 13 heavy (non-hydrogen) atoms. The van der Waals surface area contributed by atoms with Gasteiger partial charge in [-0.05, 0) is 12.8 Å². The van der Waals surface area contributed by atoms with E-state index in [4.69, 9.17) is 5.73 Å². The molecule has 5 nitrogen and oxygen atoms in total. The van der Waals surface area contributed by atoms with Crippen LogP contribution in [0.5, 0.6) is 0 Å². The largest absolute Gasteiger partial charge is 0.469 e. The fourth-order valence-electron chi connectivity index (χ4n) is 0.838. The zero-order chi connectivity index (χ0) is 10.3. The Balaban J connectivity index is 3.53. The minimum atomic E-state index is -0.644. The van der Waals surface area contributed by atoms with Gasteiger partial charge in [0.15, 0.2) is 0 Å². The van der Waals surface area contributed by atoms with Crippen molar-refractivity contribution in [2.24, 2.45) is 5.73 Å². The summed E-state index contributed by atoms with van der Waals surface area (Å²) in [5.41, 5.74) is 5.43. The Morgan fingerprint density at radius 3 is 2.38 bits per heavy atom. The molecule has 0 fully saturated rings. The zero-order valence-electron chi connectivity index (χ0n) is 7.91. The van der Waals surface area contributed by atoms with Gasteiger partial charge in [-0.1, -0.05) is 0 Å². The van der Waals surface area contributed by atoms with E-state index in [1.807, 2.05) is 0 Å². The van der Waals surface area contributed by atoms with Gasteiger partial charge >= 0.3 is 11.9 Å². The Bertz CT molecular complexity index is 181. The fourth-order valence-corrected chi connectivity index (χ4v) is 0.838. The van der Waals surface area contributed by atoms with E-state index in [2.05, 4.69) is 9.47 Å². The maximum absolute atomic E-state index is 10.8. The Hall–Kier alpha value is -1.10. The summed E-state index contributed by atoms with van der Waals surface area (Å²) in [5.74, 6) is -0.748. The van der Waals surface area contributed by atoms with Gasteiger partial charge in [0.25, 0.3) is 0 Å². The highest BCUT2D eigenvalue weighted by molar-refractivity contribution is 5.75. The number of nitrogens with two attached hydrogens (primary N) is 1. The summed E-state index contributed by atoms with van der Waals surface area (Å²) in [6, 6.07) is -0.644. The quantitative estimate of drug-likeness (QED) is 0.607. The van der Waals surface area contributed by atoms with Crippen LogP contribution < -0.4 is 5.73 Å². The molecular formula is C8H15NO4. The molecule has 1 atom stereocenters. The first-order valence-electron chi connectivity index (χ1n) is 4.02. The van der Waals surface area contributed by atoms with Crippen LogP contribution >= 0.6 is 0 Å². The van der Waals surface area contributed by atoms with Crippen LogP contribution in [0, 0.1) is 0 Å². The van der Waals surface area contributed by atoms with Gasteiger partial charge in [-0.2, -0.15) is 0 Å². The topological polar surface area (TPSA) is 78.6 Å². The number of hydrogen-bond acceptors (Lipinski definition) is 5. The van der Waals surface area contributed by atoms with E-state index < -0.39 is 12.0 Å². The Labute approximate surface area is 77.2 Å². The molecule has 0 spiro atoms. The lowest BCUT2D eigenvalue weighted by atomic mass is 10.1. The molecule has 0 aliphatic heterocycles. The lowest BCUT2D eigenvalue weighted by Crippen LogP contribution is -2.31. The minimum Gasteiger partial charge on any atom is -0.469 e. The van der Waals surface area contributed by atoms with Crippen LogP contribution in [0.1, 0.15) is 19.3 Å². The van der Waals surface area contributed by atoms with Crippen molar-refractivity contribution in [2.45, 2.75) is 25.3 Å². The molecule has 0 bridgehead atoms. The van der Waals surface area contributed by atoms with E-state index >= 15 is 0 Å². The Kier molecular flexibility index (Phi) is 5.88. The third-order valence-electron chi connectivity index (χ3n) is 1.63. The van der Waals surface area contributed by atoms with Crippen LogP contribution in [0.25, 0.3) is 0 Å². The summed E-state index contributed by atoms with van der Waals surface area (Å²) in [7, 11) is 2.60. The summed E-state index contributed by atoms with van der Waals surface area (Å²) in [6.45, 7) is 0. The van der Waals surface area contributed by atoms with Gasteiger partial charge in [0.05, 0.1) is 14.2 Å². The van der Waals surface area contributed by atoms with Crippen LogP contribution in [0.3, 0.4) is 0 Å². The average Bonchev–Trinajstić information content (AvgIpc) is 2.15. The van der Waals surface area contributed by atoms with Crippen molar-refractivity contribution >= 4 is 11.9 Å². The SMILES string of the molecule is COC(=O)CCCC(N)C(=O)OC. The van der Waals surface area contributed by atoms with Crippen molar-refractivity contribution in [1.82, 2.24) is 0 Å². The summed E-state index contributed by atoms with van der Waals surface area (Å²) >= 11 is 0. The predicted octanol–water partition coefficient (Wildman–Crippen LogP) is -0.170. The van der Waals surface area contributed by atoms with Crippen LogP contribution in [0.15, 0.2) is 0 Å². The van der Waals surface area contributed by atoms with E-state index in [-0.39, 0.29) is 12.4 Å². The van der Waals surface area contributed by atoms with E-state index in [9.17, 15) is 9.59 Å². The van der Waals surface area contributed by atoms with E-state index in [1.165, 1.54) is 14.2 Å². The number of hydrogen-bond donors (Lipinski definition) is 1. The molecule has 0 saturated heterocycles. The number of carbonyl (C=O) groups excluding carboxylic acids is 2. The van der Waals surface area contributed by atoms with Crippen molar-refractivity contribution < 1.29 is 19.1 Å². The number of methoxy groups -OCH3 is 2. The molecule has 0 aliphatic rings. The second-order valence-corrected chi connectivity index (χ2v) is 2.60. The zero-order valence-corrected chi connectivity index (χ0v) is 7.91. The maximum atomic E-state index is 10.8. The van der Waals surface area contributed by atoms with Crippen LogP contribution in [-0.2, 0) is 19.1 Å². The maximum Gasteiger partial charge on any atom is 0.322 e. The van der Waals surface area contributed by atoms with Crippen LogP contribution in [-0.4, -0.2) is 32.2 Å². The third-order valence-corrected chi connectivity index (χ3v) is 1.63. The lowest BCUT2D eigenvalue weighted by Gasteiger charge is -2.07. The molecule has 0 saturated carbocycles. The smallest absolute Gasteiger partial charge is 0.322 e. The van der Waals surface area contributed by atoms with E-state index in [1.54, 1.807) is 0 Å². The first-order valence-corrected chi connectivity index (χ1v) is 4.02. The monoisotopic (exact) mass is 189 g/mol. The third kappa shape index (κ3) is 5.19.